The first-order valence-electron chi connectivity index (χ1n) is 11.5. The molecule has 2 saturated carbocycles. The first kappa shape index (κ1) is 21.6. The van der Waals surface area contributed by atoms with E-state index in [-0.39, 0.29) is 17.6 Å². The monoisotopic (exact) mass is 446 g/mol. The number of anilines is 1. The van der Waals surface area contributed by atoms with Crippen LogP contribution in [-0.4, -0.2) is 70.4 Å². The summed E-state index contributed by atoms with van der Waals surface area (Å²) >= 11 is 0. The molecule has 9 heteroatoms. The molecular weight excluding hydrogens is 414 g/mol. The zero-order valence-electron chi connectivity index (χ0n) is 18.9. The summed E-state index contributed by atoms with van der Waals surface area (Å²) in [4.78, 5) is 9.12. The molecule has 7 nitrogen and oxygen atoms in total. The van der Waals surface area contributed by atoms with Crippen LogP contribution in [-0.2, 0) is 0 Å². The van der Waals surface area contributed by atoms with Crippen LogP contribution in [0.25, 0.3) is 11.3 Å². The Morgan fingerprint density at radius 2 is 1.78 bits per heavy atom. The number of nitrogen functional groups attached to an aromatic ring is 1. The van der Waals surface area contributed by atoms with Gasteiger partial charge in [0.1, 0.15) is 0 Å². The molecule has 4 atom stereocenters. The Kier molecular flexibility index (Phi) is 5.57. The van der Waals surface area contributed by atoms with Crippen LogP contribution in [0.4, 0.5) is 14.6 Å². The zero-order valence-corrected chi connectivity index (χ0v) is 18.9. The fraction of sp³-hybridized carbons (Fsp3) is 0.652. The van der Waals surface area contributed by atoms with E-state index in [1.165, 1.54) is 37.7 Å². The summed E-state index contributed by atoms with van der Waals surface area (Å²) in [6.07, 6.45) is 4.09. The number of piperazine rings is 1. The van der Waals surface area contributed by atoms with Crippen molar-refractivity contribution in [3.63, 3.8) is 0 Å². The lowest BCUT2D eigenvalue weighted by Gasteiger charge is -2.37. The van der Waals surface area contributed by atoms with Gasteiger partial charge in [0.05, 0.1) is 5.69 Å². The summed E-state index contributed by atoms with van der Waals surface area (Å²) in [7, 11) is 2.20. The van der Waals surface area contributed by atoms with Gasteiger partial charge >= 0.3 is 6.61 Å². The zero-order chi connectivity index (χ0) is 22.6. The van der Waals surface area contributed by atoms with E-state index >= 15 is 0 Å². The van der Waals surface area contributed by atoms with Gasteiger partial charge in [0.25, 0.3) is 0 Å². The average Bonchev–Trinajstić information content (AvgIpc) is 3.09. The van der Waals surface area contributed by atoms with E-state index in [0.29, 0.717) is 29.4 Å². The third-order valence-corrected chi connectivity index (χ3v) is 7.46. The Morgan fingerprint density at radius 3 is 2.41 bits per heavy atom. The number of nitrogens with two attached hydrogens (primary N) is 1. The van der Waals surface area contributed by atoms with Crippen LogP contribution < -0.4 is 10.5 Å². The van der Waals surface area contributed by atoms with E-state index < -0.39 is 6.61 Å². The van der Waals surface area contributed by atoms with Crippen LogP contribution in [0.3, 0.4) is 0 Å². The van der Waals surface area contributed by atoms with Gasteiger partial charge in [-0.2, -0.15) is 13.9 Å². The van der Waals surface area contributed by atoms with Gasteiger partial charge in [-0.25, -0.2) is 4.98 Å². The molecule has 0 spiro atoms. The molecule has 0 amide bonds. The smallest absolute Gasteiger partial charge is 0.387 e. The first-order chi connectivity index (χ1) is 15.3. The Morgan fingerprint density at radius 1 is 1.09 bits per heavy atom. The number of pyridine rings is 1. The molecule has 1 saturated heterocycles. The molecule has 3 heterocycles. The normalized spacial score (nSPS) is 28.5. The van der Waals surface area contributed by atoms with Crippen molar-refractivity contribution >= 4 is 5.82 Å². The number of halogens is 2. The molecule has 3 aliphatic rings. The van der Waals surface area contributed by atoms with E-state index in [2.05, 4.69) is 51.2 Å². The molecule has 2 aliphatic carbocycles. The third-order valence-electron chi connectivity index (χ3n) is 7.46. The highest BCUT2D eigenvalue weighted by atomic mass is 19.3. The summed E-state index contributed by atoms with van der Waals surface area (Å²) in [6, 6.07) is 4.53. The predicted molar refractivity (Wildman–Crippen MR) is 119 cm³/mol. The number of alkyl halides is 2. The molecule has 1 aliphatic heterocycles. The Hall–Kier alpha value is -2.26. The number of ether oxygens (including phenoxy) is 1. The van der Waals surface area contributed by atoms with Gasteiger partial charge < -0.3 is 15.4 Å². The van der Waals surface area contributed by atoms with Crippen molar-refractivity contribution in [2.24, 2.45) is 11.8 Å². The van der Waals surface area contributed by atoms with Crippen molar-refractivity contribution in [1.82, 2.24) is 24.6 Å². The summed E-state index contributed by atoms with van der Waals surface area (Å²) in [6.45, 7) is 5.96. The predicted octanol–water partition coefficient (Wildman–Crippen LogP) is 3.45. The Balaban J connectivity index is 1.34. The number of aromatic nitrogens is 3. The van der Waals surface area contributed by atoms with Crippen LogP contribution in [0.1, 0.15) is 44.3 Å². The average molecular weight is 447 g/mol. The van der Waals surface area contributed by atoms with E-state index in [4.69, 9.17) is 10.8 Å². The van der Waals surface area contributed by atoms with E-state index in [0.717, 1.165) is 18.8 Å². The second-order valence-electron chi connectivity index (χ2n) is 9.80. The van der Waals surface area contributed by atoms with Gasteiger partial charge in [-0.1, -0.05) is 0 Å². The molecule has 0 bridgehead atoms. The maximum atomic E-state index is 12.7. The molecule has 0 unspecified atom stereocenters. The fourth-order valence-electron chi connectivity index (χ4n) is 5.73. The molecule has 2 N–H and O–H groups in total. The van der Waals surface area contributed by atoms with Crippen molar-refractivity contribution in [3.05, 3.63) is 24.0 Å². The summed E-state index contributed by atoms with van der Waals surface area (Å²) in [5.74, 6) is 1.79. The highest BCUT2D eigenvalue weighted by molar-refractivity contribution is 5.64. The standard InChI is InChI=1S/C23H32F2N6O/c1-13(2)31-19(11-18(28-31)14-8-20(32-23(24)25)22(26)27-12-14)21-16-9-15(10-17(16)21)30-6-4-29(3)5-7-30/h8,11-13,15-17,21,23H,4-7,9-10H2,1-3H3,(H2,26,27)/t15-,16-,17+,21+. The van der Waals surface area contributed by atoms with Gasteiger partial charge in [0.15, 0.2) is 11.6 Å². The van der Waals surface area contributed by atoms with Crippen LogP contribution >= 0.6 is 0 Å². The van der Waals surface area contributed by atoms with Crippen molar-refractivity contribution in [2.75, 3.05) is 39.0 Å². The molecule has 0 aromatic carbocycles. The molecule has 174 valence electrons. The van der Waals surface area contributed by atoms with Gasteiger partial charge in [-0.05, 0) is 57.7 Å². The lowest BCUT2D eigenvalue weighted by molar-refractivity contribution is -0.0494. The topological polar surface area (TPSA) is 72.4 Å². The van der Waals surface area contributed by atoms with Gasteiger partial charge in [-0.15, -0.1) is 0 Å². The van der Waals surface area contributed by atoms with Crippen LogP contribution in [0.5, 0.6) is 5.75 Å². The minimum Gasteiger partial charge on any atom is -0.431 e. The highest BCUT2D eigenvalue weighted by Crippen LogP contribution is 2.64. The SMILES string of the molecule is CC(C)n1nc(-c2cnc(N)c(OC(F)F)c2)cc1[C@H]1[C@@H]2C[C@@H](N3CCN(C)CC3)C[C@@H]21. The van der Waals surface area contributed by atoms with Gasteiger partial charge in [0.2, 0.25) is 0 Å². The Bertz CT molecular complexity index is 959. The second kappa shape index (κ2) is 8.26. The number of fused-ring (bicyclic) bond motifs is 1. The summed E-state index contributed by atoms with van der Waals surface area (Å²) in [5, 5.41) is 4.81. The van der Waals surface area contributed by atoms with Crippen LogP contribution in [0, 0.1) is 11.8 Å². The van der Waals surface area contributed by atoms with Crippen molar-refractivity contribution in [2.45, 2.75) is 51.3 Å². The highest BCUT2D eigenvalue weighted by Gasteiger charge is 2.58. The molecule has 2 aromatic rings. The van der Waals surface area contributed by atoms with Gasteiger partial charge in [-0.3, -0.25) is 9.58 Å². The molecular formula is C23H32F2N6O. The molecule has 5 rings (SSSR count). The first-order valence-corrected chi connectivity index (χ1v) is 11.5. The third kappa shape index (κ3) is 3.96. The molecule has 2 aromatic heterocycles. The van der Waals surface area contributed by atoms with E-state index in [1.807, 2.05) is 0 Å². The maximum Gasteiger partial charge on any atom is 0.387 e. The van der Waals surface area contributed by atoms with Crippen molar-refractivity contribution in [1.29, 1.82) is 0 Å². The minimum absolute atomic E-state index is 0.0516. The van der Waals surface area contributed by atoms with E-state index in [9.17, 15) is 8.78 Å². The molecule has 0 radical (unpaired) electrons. The lowest BCUT2D eigenvalue weighted by Crippen LogP contribution is -2.48. The number of hydrogen-bond acceptors (Lipinski definition) is 6. The van der Waals surface area contributed by atoms with E-state index in [1.54, 1.807) is 6.20 Å². The van der Waals surface area contributed by atoms with Crippen LogP contribution in [0.15, 0.2) is 18.3 Å². The Labute approximate surface area is 187 Å². The van der Waals surface area contributed by atoms with Crippen LogP contribution in [0.2, 0.25) is 0 Å². The molecule has 3 fully saturated rings. The van der Waals surface area contributed by atoms with Crippen molar-refractivity contribution in [3.8, 4) is 17.0 Å². The van der Waals surface area contributed by atoms with Crippen molar-refractivity contribution < 1.29 is 13.5 Å². The fourth-order valence-corrected chi connectivity index (χ4v) is 5.73. The summed E-state index contributed by atoms with van der Waals surface area (Å²) < 4.78 is 32.0. The number of hydrogen-bond donors (Lipinski definition) is 1. The van der Waals surface area contributed by atoms with Gasteiger partial charge in [0, 0.05) is 61.6 Å². The number of rotatable bonds is 6. The minimum atomic E-state index is -2.95. The largest absolute Gasteiger partial charge is 0.431 e. The number of nitrogens with zero attached hydrogens (tertiary/aromatic N) is 5. The maximum absolute atomic E-state index is 12.7. The number of likely N-dealkylation sites (N-methyl/N-ethyl adjacent to an activating group) is 1. The quantitative estimate of drug-likeness (QED) is 0.733. The summed E-state index contributed by atoms with van der Waals surface area (Å²) in [5.41, 5.74) is 8.30. The molecule has 32 heavy (non-hydrogen) atoms. The second-order valence-corrected chi connectivity index (χ2v) is 9.80. The lowest BCUT2D eigenvalue weighted by atomic mass is 10.0.